The van der Waals surface area contributed by atoms with Crippen molar-refractivity contribution in [1.82, 2.24) is 4.90 Å². The number of carbonyl (C=O) groups excluding carboxylic acids is 1. The molecule has 18 heavy (non-hydrogen) atoms. The molecule has 3 nitrogen and oxygen atoms in total. The van der Waals surface area contributed by atoms with Gasteiger partial charge < -0.3 is 10.0 Å². The van der Waals surface area contributed by atoms with Crippen LogP contribution in [-0.4, -0.2) is 36.6 Å². The molecule has 0 heterocycles. The van der Waals surface area contributed by atoms with Crippen molar-refractivity contribution in [3.63, 3.8) is 0 Å². The summed E-state index contributed by atoms with van der Waals surface area (Å²) in [5.74, 6) is 0.249. The van der Waals surface area contributed by atoms with E-state index in [9.17, 15) is 4.79 Å². The molecule has 0 bridgehead atoms. The molecular formula is C15H31NO2. The van der Waals surface area contributed by atoms with Crippen LogP contribution < -0.4 is 0 Å². The van der Waals surface area contributed by atoms with Gasteiger partial charge in [-0.25, -0.2) is 0 Å². The first-order valence-electron chi connectivity index (χ1n) is 7.49. The average molecular weight is 257 g/mol. The van der Waals surface area contributed by atoms with E-state index in [4.69, 9.17) is 5.11 Å². The van der Waals surface area contributed by atoms with E-state index in [-0.39, 0.29) is 5.91 Å². The van der Waals surface area contributed by atoms with Gasteiger partial charge in [-0.15, -0.1) is 0 Å². The van der Waals surface area contributed by atoms with Crippen molar-refractivity contribution in [3.8, 4) is 0 Å². The molecule has 0 fully saturated rings. The van der Waals surface area contributed by atoms with Gasteiger partial charge in [0.1, 0.15) is 0 Å². The quantitative estimate of drug-likeness (QED) is 0.545. The fourth-order valence-corrected chi connectivity index (χ4v) is 2.03. The molecule has 0 aromatic heterocycles. The molecule has 0 spiro atoms. The van der Waals surface area contributed by atoms with Gasteiger partial charge in [0.25, 0.3) is 0 Å². The average Bonchev–Trinajstić information content (AvgIpc) is 2.35. The maximum atomic E-state index is 11.3. The molecule has 1 amide bonds. The Hall–Kier alpha value is -0.570. The Balaban J connectivity index is 3.05. The van der Waals surface area contributed by atoms with Gasteiger partial charge in [0.15, 0.2) is 0 Å². The van der Waals surface area contributed by atoms with Crippen LogP contribution in [0.1, 0.15) is 70.6 Å². The molecule has 1 N–H and O–H groups in total. The number of unbranched alkanes of at least 4 members (excludes halogenated alkanes) is 9. The van der Waals surface area contributed by atoms with Crippen LogP contribution in [0.4, 0.5) is 0 Å². The van der Waals surface area contributed by atoms with E-state index in [1.807, 2.05) is 14.1 Å². The summed E-state index contributed by atoms with van der Waals surface area (Å²) < 4.78 is 0. The first kappa shape index (κ1) is 17.4. The van der Waals surface area contributed by atoms with Crippen molar-refractivity contribution in [1.29, 1.82) is 0 Å². The Morgan fingerprint density at radius 1 is 0.778 bits per heavy atom. The van der Waals surface area contributed by atoms with Crippen LogP contribution in [-0.2, 0) is 4.79 Å². The topological polar surface area (TPSA) is 40.5 Å². The minimum atomic E-state index is 0.249. The summed E-state index contributed by atoms with van der Waals surface area (Å²) in [6.45, 7) is 0.339. The number of aliphatic hydroxyl groups excluding tert-OH is 1. The van der Waals surface area contributed by atoms with Crippen LogP contribution in [0.15, 0.2) is 0 Å². The Morgan fingerprint density at radius 2 is 1.17 bits per heavy atom. The molecule has 0 unspecified atom stereocenters. The fraction of sp³-hybridized carbons (Fsp3) is 0.933. The van der Waals surface area contributed by atoms with Crippen LogP contribution in [0.25, 0.3) is 0 Å². The SMILES string of the molecule is CN(C)C(=O)CCCCCCCCCCCCO. The highest BCUT2D eigenvalue weighted by Gasteiger charge is 2.02. The number of rotatable bonds is 12. The first-order chi connectivity index (χ1) is 8.68. The number of amides is 1. The van der Waals surface area contributed by atoms with E-state index >= 15 is 0 Å². The number of aliphatic hydroxyl groups is 1. The highest BCUT2D eigenvalue weighted by Crippen LogP contribution is 2.11. The summed E-state index contributed by atoms with van der Waals surface area (Å²) in [7, 11) is 3.64. The van der Waals surface area contributed by atoms with Gasteiger partial charge in [-0.1, -0.05) is 51.4 Å². The highest BCUT2D eigenvalue weighted by atomic mass is 16.2. The van der Waals surface area contributed by atoms with Gasteiger partial charge >= 0.3 is 0 Å². The van der Waals surface area contributed by atoms with Crippen molar-refractivity contribution in [2.24, 2.45) is 0 Å². The molecule has 3 heteroatoms. The summed E-state index contributed by atoms with van der Waals surface area (Å²) in [6, 6.07) is 0. The largest absolute Gasteiger partial charge is 0.396 e. The Kier molecular flexibility index (Phi) is 12.5. The van der Waals surface area contributed by atoms with E-state index < -0.39 is 0 Å². The molecule has 0 aromatic carbocycles. The number of hydrogen-bond acceptors (Lipinski definition) is 2. The van der Waals surface area contributed by atoms with Gasteiger partial charge in [-0.3, -0.25) is 4.79 Å². The number of nitrogens with zero attached hydrogens (tertiary/aromatic N) is 1. The zero-order valence-electron chi connectivity index (χ0n) is 12.3. The summed E-state index contributed by atoms with van der Waals surface area (Å²) in [5, 5.41) is 8.64. The lowest BCUT2D eigenvalue weighted by atomic mass is 10.1. The van der Waals surface area contributed by atoms with Crippen LogP contribution in [0.5, 0.6) is 0 Å². The second-order valence-electron chi connectivity index (χ2n) is 5.30. The van der Waals surface area contributed by atoms with Gasteiger partial charge in [0, 0.05) is 27.1 Å². The van der Waals surface area contributed by atoms with Crippen LogP contribution in [0, 0.1) is 0 Å². The van der Waals surface area contributed by atoms with Crippen LogP contribution >= 0.6 is 0 Å². The van der Waals surface area contributed by atoms with Crippen LogP contribution in [0.3, 0.4) is 0 Å². The Bertz CT molecular complexity index is 193. The van der Waals surface area contributed by atoms with E-state index in [2.05, 4.69) is 0 Å². The van der Waals surface area contributed by atoms with E-state index in [0.717, 1.165) is 12.8 Å². The summed E-state index contributed by atoms with van der Waals surface area (Å²) in [4.78, 5) is 13.0. The summed E-state index contributed by atoms with van der Waals surface area (Å²) >= 11 is 0. The predicted molar refractivity (Wildman–Crippen MR) is 76.6 cm³/mol. The van der Waals surface area contributed by atoms with Crippen molar-refractivity contribution in [2.45, 2.75) is 70.6 Å². The second kappa shape index (κ2) is 12.9. The lowest BCUT2D eigenvalue weighted by molar-refractivity contribution is -0.128. The first-order valence-corrected chi connectivity index (χ1v) is 7.49. The fourth-order valence-electron chi connectivity index (χ4n) is 2.03. The molecule has 0 saturated heterocycles. The molecular weight excluding hydrogens is 226 g/mol. The lowest BCUT2D eigenvalue weighted by Gasteiger charge is -2.09. The van der Waals surface area contributed by atoms with E-state index in [0.29, 0.717) is 13.0 Å². The molecule has 108 valence electrons. The number of carbonyl (C=O) groups is 1. The van der Waals surface area contributed by atoms with Crippen LogP contribution in [0.2, 0.25) is 0 Å². The third-order valence-corrected chi connectivity index (χ3v) is 3.30. The molecule has 0 atom stereocenters. The molecule has 0 radical (unpaired) electrons. The van der Waals surface area contributed by atoms with E-state index in [1.54, 1.807) is 4.90 Å². The van der Waals surface area contributed by atoms with Crippen molar-refractivity contribution < 1.29 is 9.90 Å². The molecule has 0 aromatic rings. The zero-order chi connectivity index (χ0) is 13.6. The minimum absolute atomic E-state index is 0.249. The minimum Gasteiger partial charge on any atom is -0.396 e. The van der Waals surface area contributed by atoms with Crippen molar-refractivity contribution >= 4 is 5.91 Å². The monoisotopic (exact) mass is 257 g/mol. The normalized spacial score (nSPS) is 10.6. The summed E-state index contributed by atoms with van der Waals surface area (Å²) in [6.07, 6.45) is 12.8. The van der Waals surface area contributed by atoms with Crippen molar-refractivity contribution in [3.05, 3.63) is 0 Å². The molecule has 0 saturated carbocycles. The summed E-state index contributed by atoms with van der Waals surface area (Å²) in [5.41, 5.74) is 0. The smallest absolute Gasteiger partial charge is 0.222 e. The molecule has 0 rings (SSSR count). The standard InChI is InChI=1S/C15H31NO2/c1-16(2)15(18)13-11-9-7-5-3-4-6-8-10-12-14-17/h17H,3-14H2,1-2H3. The Morgan fingerprint density at radius 3 is 1.56 bits per heavy atom. The molecule has 0 aliphatic rings. The third-order valence-electron chi connectivity index (χ3n) is 3.30. The highest BCUT2D eigenvalue weighted by molar-refractivity contribution is 5.75. The molecule has 0 aliphatic heterocycles. The molecule has 0 aliphatic carbocycles. The van der Waals surface area contributed by atoms with Gasteiger partial charge in [0.05, 0.1) is 0 Å². The predicted octanol–water partition coefficient (Wildman–Crippen LogP) is 3.36. The maximum Gasteiger partial charge on any atom is 0.222 e. The third kappa shape index (κ3) is 11.9. The van der Waals surface area contributed by atoms with E-state index in [1.165, 1.54) is 51.4 Å². The van der Waals surface area contributed by atoms with Crippen molar-refractivity contribution in [2.75, 3.05) is 20.7 Å². The van der Waals surface area contributed by atoms with Gasteiger partial charge in [-0.05, 0) is 12.8 Å². The van der Waals surface area contributed by atoms with Gasteiger partial charge in [-0.2, -0.15) is 0 Å². The maximum absolute atomic E-state index is 11.3. The Labute approximate surface area is 113 Å². The second-order valence-corrected chi connectivity index (χ2v) is 5.30. The zero-order valence-corrected chi connectivity index (χ0v) is 12.3. The van der Waals surface area contributed by atoms with Gasteiger partial charge in [0.2, 0.25) is 5.91 Å². The lowest BCUT2D eigenvalue weighted by Crippen LogP contribution is -2.20. The number of hydrogen-bond donors (Lipinski definition) is 1.